The van der Waals surface area contributed by atoms with Crippen LogP contribution in [-0.4, -0.2) is 87.2 Å². The number of halogens is 2. The third-order valence-electron chi connectivity index (χ3n) is 10.5. The minimum atomic E-state index is -0.787. The second kappa shape index (κ2) is 12.3. The van der Waals surface area contributed by atoms with Crippen molar-refractivity contribution in [2.75, 3.05) is 44.7 Å². The first-order valence-corrected chi connectivity index (χ1v) is 16.7. The fourth-order valence-electron chi connectivity index (χ4n) is 8.32. The molecule has 3 fully saturated rings. The van der Waals surface area contributed by atoms with Crippen molar-refractivity contribution in [3.8, 4) is 35.4 Å². The number of ether oxygens (including phenoxy) is 1. The molecule has 0 bridgehead atoms. The number of hydrogen-bond donors (Lipinski definition) is 1. The van der Waals surface area contributed by atoms with E-state index < -0.39 is 11.6 Å². The highest BCUT2D eigenvalue weighted by Gasteiger charge is 2.45. The first-order chi connectivity index (χ1) is 23.4. The largest absolute Gasteiger partial charge is 0.508 e. The van der Waals surface area contributed by atoms with E-state index in [1.165, 1.54) is 36.5 Å². The van der Waals surface area contributed by atoms with Crippen LogP contribution in [0.15, 0.2) is 43.1 Å². The van der Waals surface area contributed by atoms with Gasteiger partial charge in [0.2, 0.25) is 5.91 Å². The number of amides is 1. The van der Waals surface area contributed by atoms with Crippen LogP contribution in [0.25, 0.3) is 32.9 Å². The van der Waals surface area contributed by atoms with E-state index in [9.17, 15) is 14.3 Å². The lowest BCUT2D eigenvalue weighted by molar-refractivity contribution is -0.126. The minimum absolute atomic E-state index is 0.0282. The summed E-state index contributed by atoms with van der Waals surface area (Å²) in [6.07, 6.45) is 13.5. The summed E-state index contributed by atoms with van der Waals surface area (Å²) in [5, 5.41) is 11.6. The number of phenolic OH excluding ortho intramolecular Hbond substituents is 1. The van der Waals surface area contributed by atoms with Crippen LogP contribution in [0, 0.1) is 29.4 Å². The molecule has 1 atom stereocenters. The topological polar surface area (TPSA) is 94.9 Å². The van der Waals surface area contributed by atoms with Crippen molar-refractivity contribution in [2.24, 2.45) is 5.41 Å². The lowest BCUT2D eigenvalue weighted by atomic mass is 9.90. The lowest BCUT2D eigenvalue weighted by Crippen LogP contribution is -2.43. The van der Waals surface area contributed by atoms with Crippen LogP contribution in [0.5, 0.6) is 11.8 Å². The van der Waals surface area contributed by atoms with Gasteiger partial charge in [0, 0.05) is 37.3 Å². The number of pyridine rings is 1. The first-order valence-electron chi connectivity index (χ1n) is 16.7. The Morgan fingerprint density at radius 3 is 2.69 bits per heavy atom. The second-order valence-electron chi connectivity index (χ2n) is 14.5. The molecule has 0 aliphatic carbocycles. The molecule has 1 N–H and O–H groups in total. The maximum absolute atomic E-state index is 16.9. The third kappa shape index (κ3) is 5.72. The number of aromatic nitrogens is 3. The number of hydrogen-bond acceptors (Lipinski definition) is 8. The molecule has 5 heterocycles. The van der Waals surface area contributed by atoms with Gasteiger partial charge in [0.25, 0.3) is 0 Å². The number of aromatic hydroxyl groups is 1. The average Bonchev–Trinajstić information content (AvgIpc) is 3.75. The highest BCUT2D eigenvalue weighted by molar-refractivity contribution is 6.03. The highest BCUT2D eigenvalue weighted by atomic mass is 19.1. The number of likely N-dealkylation sites (tertiary alicyclic amines) is 1. The Morgan fingerprint density at radius 1 is 1.22 bits per heavy atom. The third-order valence-corrected chi connectivity index (χ3v) is 10.5. The van der Waals surface area contributed by atoms with Crippen LogP contribution in [0.4, 0.5) is 14.6 Å². The molecule has 49 heavy (non-hydrogen) atoms. The Balaban J connectivity index is 1.35. The molecule has 0 spiro atoms. The molecular formula is C38H40F2N6O3. The van der Waals surface area contributed by atoms with Crippen molar-refractivity contribution in [3.63, 3.8) is 0 Å². The van der Waals surface area contributed by atoms with Crippen molar-refractivity contribution in [1.29, 1.82) is 0 Å². The summed E-state index contributed by atoms with van der Waals surface area (Å²) in [7, 11) is 1.85. The van der Waals surface area contributed by atoms with Crippen molar-refractivity contribution < 1.29 is 23.4 Å². The number of carbonyl (C=O) groups excluding carboxylic acids is 1. The summed E-state index contributed by atoms with van der Waals surface area (Å²) in [6, 6.07) is 5.35. The van der Waals surface area contributed by atoms with Crippen LogP contribution in [0.1, 0.15) is 51.5 Å². The summed E-state index contributed by atoms with van der Waals surface area (Å²) in [5.74, 6) is 1.05. The molecule has 4 aromatic rings. The molecule has 3 saturated heterocycles. The molecule has 9 nitrogen and oxygen atoms in total. The minimum Gasteiger partial charge on any atom is -0.508 e. The van der Waals surface area contributed by atoms with Gasteiger partial charge in [-0.2, -0.15) is 9.97 Å². The van der Waals surface area contributed by atoms with Crippen LogP contribution < -0.4 is 9.64 Å². The van der Waals surface area contributed by atoms with Crippen molar-refractivity contribution in [1.82, 2.24) is 24.8 Å². The Bertz CT molecular complexity index is 2030. The predicted molar refractivity (Wildman–Crippen MR) is 185 cm³/mol. The number of rotatable bonds is 8. The second-order valence-corrected chi connectivity index (χ2v) is 14.5. The summed E-state index contributed by atoms with van der Waals surface area (Å²) in [5.41, 5.74) is -0.297. The zero-order chi connectivity index (χ0) is 34.7. The number of fused-ring (bicyclic) bond motifs is 3. The summed E-state index contributed by atoms with van der Waals surface area (Å²) >= 11 is 0. The summed E-state index contributed by atoms with van der Waals surface area (Å²) < 4.78 is 38.2. The fourth-order valence-corrected chi connectivity index (χ4v) is 8.32. The van der Waals surface area contributed by atoms with Crippen LogP contribution in [-0.2, 0) is 4.79 Å². The number of nitrogens with zero attached hydrogens (tertiary/aromatic N) is 6. The van der Waals surface area contributed by atoms with E-state index >= 15 is 4.39 Å². The number of carbonyl (C=O) groups is 1. The fraction of sp³-hybridized carbons (Fsp3) is 0.421. The van der Waals surface area contributed by atoms with Crippen LogP contribution >= 0.6 is 0 Å². The average molecular weight is 667 g/mol. The van der Waals surface area contributed by atoms with Crippen LogP contribution in [0.2, 0.25) is 0 Å². The molecule has 7 rings (SSSR count). The van der Waals surface area contributed by atoms with Gasteiger partial charge in [0.1, 0.15) is 35.2 Å². The zero-order valence-electron chi connectivity index (χ0n) is 28.1. The van der Waals surface area contributed by atoms with Gasteiger partial charge in [0.15, 0.2) is 5.82 Å². The number of likely N-dealkylation sites (N-methyl/N-ethyl adjacent to an activating group) is 1. The number of benzene rings is 2. The Kier molecular flexibility index (Phi) is 8.18. The van der Waals surface area contributed by atoms with Gasteiger partial charge >= 0.3 is 6.01 Å². The molecule has 3 aliphatic heterocycles. The molecule has 0 saturated carbocycles. The lowest BCUT2D eigenvalue weighted by Gasteiger charge is -2.31. The van der Waals surface area contributed by atoms with E-state index in [0.29, 0.717) is 36.3 Å². The van der Waals surface area contributed by atoms with Gasteiger partial charge in [-0.1, -0.05) is 32.4 Å². The molecule has 0 unspecified atom stereocenters. The number of phenols is 1. The van der Waals surface area contributed by atoms with E-state index in [0.717, 1.165) is 45.2 Å². The van der Waals surface area contributed by atoms with Gasteiger partial charge in [-0.3, -0.25) is 14.7 Å². The summed E-state index contributed by atoms with van der Waals surface area (Å²) in [6.45, 7) is 11.4. The predicted octanol–water partition coefficient (Wildman–Crippen LogP) is 6.07. The Hall–Kier alpha value is -4.82. The highest BCUT2D eigenvalue weighted by Crippen LogP contribution is 2.41. The normalized spacial score (nSPS) is 19.7. The van der Waals surface area contributed by atoms with Gasteiger partial charge < -0.3 is 19.6 Å². The quantitative estimate of drug-likeness (QED) is 0.179. The molecule has 2 aromatic carbocycles. The molecule has 3 aliphatic rings. The maximum Gasteiger partial charge on any atom is 0.319 e. The SMILES string of the molecule is C#Cc1c(F)ccc2cc(O)cc(-c3ncc4c(N(C)C[C@@H]5CC(C)(C)CN5C(=O)C=C)nc(OCC56CCCN5CCC6)nc4c3F)c12. The van der Waals surface area contributed by atoms with E-state index in [1.807, 2.05) is 16.8 Å². The molecule has 1 amide bonds. The number of anilines is 1. The standard InChI is InChI=1S/C38H40F2N6O3/c1-6-26-29(39)11-10-23-16-25(47)17-27(31(23)26)33-32(40)34-28(19-41-33)35(44(5)20-24-18-37(3,4)21-46(24)30(48)7-2)43-36(42-34)49-22-38-12-8-14-45(38)15-9-13-38/h1,7,10-11,16-17,19,24,47H,2,8-9,12-15,18,20-22H2,3-5H3/t24-/m0/s1. The van der Waals surface area contributed by atoms with Crippen LogP contribution in [0.3, 0.4) is 0 Å². The van der Waals surface area contributed by atoms with Crippen molar-refractivity contribution in [2.45, 2.75) is 57.5 Å². The van der Waals surface area contributed by atoms with Gasteiger partial charge in [-0.05, 0) is 80.3 Å². The molecule has 0 radical (unpaired) electrons. The van der Waals surface area contributed by atoms with Gasteiger partial charge in [-0.15, -0.1) is 6.42 Å². The summed E-state index contributed by atoms with van der Waals surface area (Å²) in [4.78, 5) is 32.9. The van der Waals surface area contributed by atoms with Crippen molar-refractivity contribution >= 4 is 33.4 Å². The van der Waals surface area contributed by atoms with E-state index in [2.05, 4.69) is 41.2 Å². The smallest absolute Gasteiger partial charge is 0.319 e. The zero-order valence-corrected chi connectivity index (χ0v) is 28.1. The monoisotopic (exact) mass is 666 g/mol. The van der Waals surface area contributed by atoms with E-state index in [-0.39, 0.29) is 62.4 Å². The Labute approximate surface area is 284 Å². The molecule has 11 heteroatoms. The van der Waals surface area contributed by atoms with E-state index in [4.69, 9.17) is 16.1 Å². The maximum atomic E-state index is 16.9. The first kappa shape index (κ1) is 32.7. The molecule has 2 aromatic heterocycles. The molecular weight excluding hydrogens is 626 g/mol. The van der Waals surface area contributed by atoms with Gasteiger partial charge in [-0.25, -0.2) is 8.78 Å². The van der Waals surface area contributed by atoms with Gasteiger partial charge in [0.05, 0.1) is 22.5 Å². The Morgan fingerprint density at radius 2 is 1.98 bits per heavy atom. The molecule has 254 valence electrons. The van der Waals surface area contributed by atoms with E-state index in [1.54, 1.807) is 0 Å². The van der Waals surface area contributed by atoms with Crippen molar-refractivity contribution in [3.05, 3.63) is 60.3 Å². The number of terminal acetylenes is 1.